The smallest absolute Gasteiger partial charge is 0.122 e. The Balaban J connectivity index is 1.99. The largest absolute Gasteiger partial charge is 0.491 e. The summed E-state index contributed by atoms with van der Waals surface area (Å²) in [5, 5.41) is 0. The van der Waals surface area contributed by atoms with Crippen molar-refractivity contribution in [2.24, 2.45) is 5.73 Å². The lowest BCUT2D eigenvalue weighted by atomic mass is 10.2. The molecule has 17 heavy (non-hydrogen) atoms. The van der Waals surface area contributed by atoms with Crippen molar-refractivity contribution in [2.45, 2.75) is 6.92 Å². The van der Waals surface area contributed by atoms with Crippen molar-refractivity contribution in [2.75, 3.05) is 39.6 Å². The van der Waals surface area contributed by atoms with Crippen molar-refractivity contribution >= 4 is 0 Å². The average Bonchev–Trinajstić information content (AvgIpc) is 2.35. The van der Waals surface area contributed by atoms with Crippen LogP contribution in [-0.4, -0.2) is 39.6 Å². The van der Waals surface area contributed by atoms with Crippen molar-refractivity contribution in [3.63, 3.8) is 0 Å². The predicted molar refractivity (Wildman–Crippen MR) is 67.4 cm³/mol. The van der Waals surface area contributed by atoms with Gasteiger partial charge in [-0.15, -0.1) is 0 Å². The number of ether oxygens (including phenoxy) is 3. The van der Waals surface area contributed by atoms with Crippen LogP contribution in [0.15, 0.2) is 24.3 Å². The molecule has 2 N–H and O–H groups in total. The lowest BCUT2D eigenvalue weighted by Gasteiger charge is -2.09. The van der Waals surface area contributed by atoms with Gasteiger partial charge >= 0.3 is 0 Å². The van der Waals surface area contributed by atoms with Gasteiger partial charge in [-0.3, -0.25) is 0 Å². The highest BCUT2D eigenvalue weighted by atomic mass is 16.5. The highest BCUT2D eigenvalue weighted by molar-refractivity contribution is 5.31. The predicted octanol–water partition coefficient (Wildman–Crippen LogP) is 1.37. The van der Waals surface area contributed by atoms with E-state index in [2.05, 4.69) is 0 Å². The van der Waals surface area contributed by atoms with Crippen LogP contribution >= 0.6 is 0 Å². The molecule has 0 aliphatic carbocycles. The summed E-state index contributed by atoms with van der Waals surface area (Å²) < 4.78 is 16.1. The average molecular weight is 239 g/mol. The van der Waals surface area contributed by atoms with Crippen LogP contribution < -0.4 is 10.5 Å². The molecule has 0 aliphatic rings. The summed E-state index contributed by atoms with van der Waals surface area (Å²) in [7, 11) is 0. The maximum Gasteiger partial charge on any atom is 0.122 e. The number of aryl methyl sites for hydroxylation is 1. The van der Waals surface area contributed by atoms with Crippen LogP contribution in [0.25, 0.3) is 0 Å². The Morgan fingerprint density at radius 1 is 0.941 bits per heavy atom. The van der Waals surface area contributed by atoms with Crippen LogP contribution in [0.4, 0.5) is 0 Å². The van der Waals surface area contributed by atoms with E-state index in [4.69, 9.17) is 19.9 Å². The molecule has 0 bridgehead atoms. The van der Waals surface area contributed by atoms with Gasteiger partial charge in [-0.2, -0.15) is 0 Å². The van der Waals surface area contributed by atoms with Crippen LogP contribution in [0.5, 0.6) is 5.75 Å². The molecule has 0 spiro atoms. The fourth-order valence-corrected chi connectivity index (χ4v) is 1.33. The molecule has 0 unspecified atom stereocenters. The van der Waals surface area contributed by atoms with Crippen molar-refractivity contribution in [1.82, 2.24) is 0 Å². The molecule has 4 nitrogen and oxygen atoms in total. The second-order valence-electron chi connectivity index (χ2n) is 3.63. The Morgan fingerprint density at radius 2 is 1.59 bits per heavy atom. The molecule has 96 valence electrons. The monoisotopic (exact) mass is 239 g/mol. The third-order valence-electron chi connectivity index (χ3n) is 2.21. The van der Waals surface area contributed by atoms with Gasteiger partial charge in [0, 0.05) is 6.54 Å². The Bertz CT molecular complexity index is 304. The van der Waals surface area contributed by atoms with Gasteiger partial charge in [0.2, 0.25) is 0 Å². The summed E-state index contributed by atoms with van der Waals surface area (Å²) >= 11 is 0. The molecule has 0 saturated heterocycles. The first-order valence-electron chi connectivity index (χ1n) is 5.88. The number of nitrogens with two attached hydrogens (primary N) is 1. The van der Waals surface area contributed by atoms with Crippen LogP contribution in [-0.2, 0) is 9.47 Å². The quantitative estimate of drug-likeness (QED) is 0.661. The maximum atomic E-state index is 5.58. The van der Waals surface area contributed by atoms with E-state index in [0.29, 0.717) is 39.6 Å². The van der Waals surface area contributed by atoms with E-state index in [1.807, 2.05) is 31.2 Å². The lowest BCUT2D eigenvalue weighted by Crippen LogP contribution is -2.14. The summed E-state index contributed by atoms with van der Waals surface area (Å²) in [4.78, 5) is 0. The lowest BCUT2D eigenvalue weighted by molar-refractivity contribution is 0.0387. The van der Waals surface area contributed by atoms with Crippen molar-refractivity contribution in [1.29, 1.82) is 0 Å². The summed E-state index contributed by atoms with van der Waals surface area (Å²) in [6, 6.07) is 7.94. The second kappa shape index (κ2) is 8.98. The molecule has 0 fully saturated rings. The van der Waals surface area contributed by atoms with E-state index in [1.54, 1.807) is 0 Å². The normalized spacial score (nSPS) is 10.5. The van der Waals surface area contributed by atoms with E-state index < -0.39 is 0 Å². The number of hydrogen-bond donors (Lipinski definition) is 1. The molecular weight excluding hydrogens is 218 g/mol. The van der Waals surface area contributed by atoms with E-state index in [1.165, 1.54) is 0 Å². The fraction of sp³-hybridized carbons (Fsp3) is 0.538. The minimum atomic E-state index is 0.552. The molecule has 0 atom stereocenters. The number of rotatable bonds is 9. The van der Waals surface area contributed by atoms with Gasteiger partial charge in [-0.25, -0.2) is 0 Å². The second-order valence-corrected chi connectivity index (χ2v) is 3.63. The molecule has 0 aromatic heterocycles. The highest BCUT2D eigenvalue weighted by Gasteiger charge is 1.97. The molecule has 4 heteroatoms. The molecule has 0 saturated carbocycles. The van der Waals surface area contributed by atoms with Gasteiger partial charge in [-0.1, -0.05) is 18.2 Å². The molecule has 1 rings (SSSR count). The molecule has 1 aromatic rings. The SMILES string of the molecule is Cc1ccccc1OCCOCCOCCN. The van der Waals surface area contributed by atoms with Gasteiger partial charge in [0.25, 0.3) is 0 Å². The van der Waals surface area contributed by atoms with Crippen LogP contribution in [0, 0.1) is 6.92 Å². The van der Waals surface area contributed by atoms with Crippen LogP contribution in [0.1, 0.15) is 5.56 Å². The standard InChI is InChI=1S/C13H21NO3/c1-12-4-2-3-5-13(12)17-11-10-16-9-8-15-7-6-14/h2-5H,6-11,14H2,1H3. The van der Waals surface area contributed by atoms with Crippen molar-refractivity contribution < 1.29 is 14.2 Å². The summed E-state index contributed by atoms with van der Waals surface area (Å²) in [6.45, 7) is 5.46. The Hall–Kier alpha value is -1.10. The zero-order valence-corrected chi connectivity index (χ0v) is 10.4. The zero-order chi connectivity index (χ0) is 12.3. The summed E-state index contributed by atoms with van der Waals surface area (Å²) in [5.74, 6) is 0.912. The summed E-state index contributed by atoms with van der Waals surface area (Å²) in [6.07, 6.45) is 0. The summed E-state index contributed by atoms with van der Waals surface area (Å²) in [5.41, 5.74) is 6.42. The molecule has 0 amide bonds. The minimum absolute atomic E-state index is 0.552. The molecule has 1 aromatic carbocycles. The van der Waals surface area contributed by atoms with Crippen LogP contribution in [0.2, 0.25) is 0 Å². The van der Waals surface area contributed by atoms with Crippen molar-refractivity contribution in [3.05, 3.63) is 29.8 Å². The van der Waals surface area contributed by atoms with E-state index in [9.17, 15) is 0 Å². The molecule has 0 radical (unpaired) electrons. The van der Waals surface area contributed by atoms with Gasteiger partial charge in [0.1, 0.15) is 12.4 Å². The molecular formula is C13H21NO3. The number of hydrogen-bond acceptors (Lipinski definition) is 4. The first kappa shape index (κ1) is 14.0. The van der Waals surface area contributed by atoms with E-state index in [0.717, 1.165) is 11.3 Å². The highest BCUT2D eigenvalue weighted by Crippen LogP contribution is 2.15. The van der Waals surface area contributed by atoms with E-state index in [-0.39, 0.29) is 0 Å². The Morgan fingerprint density at radius 3 is 2.29 bits per heavy atom. The number of benzene rings is 1. The Labute approximate surface area is 103 Å². The van der Waals surface area contributed by atoms with Crippen molar-refractivity contribution in [3.8, 4) is 5.75 Å². The Kier molecular flexibility index (Phi) is 7.38. The first-order chi connectivity index (χ1) is 8.34. The zero-order valence-electron chi connectivity index (χ0n) is 10.4. The maximum absolute atomic E-state index is 5.58. The van der Waals surface area contributed by atoms with E-state index >= 15 is 0 Å². The molecule has 0 heterocycles. The minimum Gasteiger partial charge on any atom is -0.491 e. The third kappa shape index (κ3) is 6.26. The first-order valence-corrected chi connectivity index (χ1v) is 5.88. The van der Waals surface area contributed by atoms with Gasteiger partial charge in [-0.05, 0) is 18.6 Å². The number of para-hydroxylation sites is 1. The van der Waals surface area contributed by atoms with Crippen LogP contribution in [0.3, 0.4) is 0 Å². The topological polar surface area (TPSA) is 53.7 Å². The fourth-order valence-electron chi connectivity index (χ4n) is 1.33. The third-order valence-corrected chi connectivity index (χ3v) is 2.21. The molecule has 0 aliphatic heterocycles. The van der Waals surface area contributed by atoms with Gasteiger partial charge < -0.3 is 19.9 Å². The van der Waals surface area contributed by atoms with Gasteiger partial charge in [0.05, 0.1) is 26.4 Å². The van der Waals surface area contributed by atoms with Gasteiger partial charge in [0.15, 0.2) is 0 Å².